The summed E-state index contributed by atoms with van der Waals surface area (Å²) in [6, 6.07) is 0. The minimum atomic E-state index is 0.648. The van der Waals surface area contributed by atoms with E-state index in [0.717, 1.165) is 23.2 Å². The molecule has 82 valence electrons. The van der Waals surface area contributed by atoms with E-state index in [1.54, 1.807) is 11.8 Å². The van der Waals surface area contributed by atoms with Gasteiger partial charge in [-0.05, 0) is 18.1 Å². The van der Waals surface area contributed by atoms with Gasteiger partial charge in [0.25, 0.3) is 0 Å². The summed E-state index contributed by atoms with van der Waals surface area (Å²) in [6.45, 7) is 12.3. The van der Waals surface area contributed by atoms with E-state index < -0.39 is 0 Å². The maximum absolute atomic E-state index is 5.37. The Morgan fingerprint density at radius 2 is 2.21 bits per heavy atom. The summed E-state index contributed by atoms with van der Waals surface area (Å²) >= 11 is 7.14. The van der Waals surface area contributed by atoms with E-state index in [-0.39, 0.29) is 0 Å². The number of thioether (sulfide) groups is 1. The first-order chi connectivity index (χ1) is 6.61. The molecule has 0 spiro atoms. The van der Waals surface area contributed by atoms with Gasteiger partial charge in [0, 0.05) is 13.1 Å². The Morgan fingerprint density at radius 1 is 1.57 bits per heavy atom. The molecular weight excluding hydrogens is 210 g/mol. The highest BCUT2D eigenvalue weighted by Gasteiger charge is 2.09. The molecule has 0 bridgehead atoms. The molecule has 0 unspecified atom stereocenters. The average Bonchev–Trinajstić information content (AvgIpc) is 2.13. The van der Waals surface area contributed by atoms with E-state index in [2.05, 4.69) is 32.3 Å². The predicted molar refractivity (Wildman–Crippen MR) is 72.0 cm³/mol. The fraction of sp³-hybridized carbons (Fsp3) is 0.727. The van der Waals surface area contributed by atoms with Crippen molar-refractivity contribution in [1.82, 2.24) is 4.90 Å². The summed E-state index contributed by atoms with van der Waals surface area (Å²) < 4.78 is 1.01. The first kappa shape index (κ1) is 14.0. The summed E-state index contributed by atoms with van der Waals surface area (Å²) in [6.07, 6.45) is 3.09. The molecule has 0 aromatic heterocycles. The lowest BCUT2D eigenvalue weighted by atomic mass is 10.2. The third kappa shape index (κ3) is 6.44. The van der Waals surface area contributed by atoms with E-state index in [0.29, 0.717) is 5.92 Å². The van der Waals surface area contributed by atoms with Crippen molar-refractivity contribution in [3.05, 3.63) is 12.7 Å². The minimum Gasteiger partial charge on any atom is -0.354 e. The highest BCUT2D eigenvalue weighted by molar-refractivity contribution is 8.22. The molecule has 3 heteroatoms. The van der Waals surface area contributed by atoms with Gasteiger partial charge in [-0.2, -0.15) is 0 Å². The fourth-order valence-electron chi connectivity index (χ4n) is 1.10. The number of hydrogen-bond acceptors (Lipinski definition) is 2. The van der Waals surface area contributed by atoms with Gasteiger partial charge in [-0.1, -0.05) is 50.8 Å². The molecule has 0 rings (SSSR count). The summed E-state index contributed by atoms with van der Waals surface area (Å²) in [5.74, 6) is 1.76. The maximum Gasteiger partial charge on any atom is 0.136 e. The topological polar surface area (TPSA) is 3.24 Å². The second-order valence-corrected chi connectivity index (χ2v) is 5.43. The Labute approximate surface area is 97.9 Å². The van der Waals surface area contributed by atoms with Gasteiger partial charge >= 0.3 is 0 Å². The van der Waals surface area contributed by atoms with Gasteiger partial charge in [0.1, 0.15) is 4.32 Å². The van der Waals surface area contributed by atoms with Crippen LogP contribution in [-0.2, 0) is 0 Å². The standard InChI is InChI=1S/C11H21NS2/c1-5-7-12(9-10(3)4)11(13)14-8-6-2/h5,10H,1,6-9H2,2-4H3. The average molecular weight is 231 g/mol. The van der Waals surface area contributed by atoms with Crippen molar-refractivity contribution >= 4 is 28.3 Å². The van der Waals surface area contributed by atoms with E-state index in [1.807, 2.05) is 6.08 Å². The van der Waals surface area contributed by atoms with Crippen molar-refractivity contribution in [2.45, 2.75) is 27.2 Å². The van der Waals surface area contributed by atoms with Crippen molar-refractivity contribution in [1.29, 1.82) is 0 Å². The lowest BCUT2D eigenvalue weighted by Gasteiger charge is -2.25. The smallest absolute Gasteiger partial charge is 0.136 e. The van der Waals surface area contributed by atoms with Crippen LogP contribution in [0.2, 0.25) is 0 Å². The molecule has 0 fully saturated rings. The molecule has 0 saturated carbocycles. The lowest BCUT2D eigenvalue weighted by molar-refractivity contribution is 0.407. The first-order valence-electron chi connectivity index (χ1n) is 5.14. The van der Waals surface area contributed by atoms with E-state index >= 15 is 0 Å². The molecule has 14 heavy (non-hydrogen) atoms. The van der Waals surface area contributed by atoms with Crippen LogP contribution in [-0.4, -0.2) is 28.1 Å². The second-order valence-electron chi connectivity index (χ2n) is 3.70. The van der Waals surface area contributed by atoms with E-state index in [1.165, 1.54) is 6.42 Å². The molecule has 0 N–H and O–H groups in total. The molecule has 0 saturated heterocycles. The predicted octanol–water partition coefficient (Wildman–Crippen LogP) is 3.56. The zero-order valence-corrected chi connectivity index (χ0v) is 11.1. The first-order valence-corrected chi connectivity index (χ1v) is 6.53. The van der Waals surface area contributed by atoms with Gasteiger partial charge in [0.2, 0.25) is 0 Å². The minimum absolute atomic E-state index is 0.648. The Kier molecular flexibility index (Phi) is 8.29. The van der Waals surface area contributed by atoms with Crippen LogP contribution in [0.25, 0.3) is 0 Å². The van der Waals surface area contributed by atoms with Gasteiger partial charge in [0.05, 0.1) is 0 Å². The summed E-state index contributed by atoms with van der Waals surface area (Å²) in [5, 5.41) is 0. The number of rotatable bonds is 6. The zero-order valence-electron chi connectivity index (χ0n) is 9.45. The number of nitrogens with zero attached hydrogens (tertiary/aromatic N) is 1. The SMILES string of the molecule is C=CCN(CC(C)C)C(=S)SCCC. The van der Waals surface area contributed by atoms with E-state index in [9.17, 15) is 0 Å². The van der Waals surface area contributed by atoms with Crippen molar-refractivity contribution < 1.29 is 0 Å². The molecule has 0 aliphatic heterocycles. The van der Waals surface area contributed by atoms with Crippen LogP contribution < -0.4 is 0 Å². The van der Waals surface area contributed by atoms with Crippen molar-refractivity contribution in [2.24, 2.45) is 5.92 Å². The second kappa shape index (κ2) is 8.30. The van der Waals surface area contributed by atoms with Crippen LogP contribution in [0.5, 0.6) is 0 Å². The Balaban J connectivity index is 4.03. The molecule has 0 heterocycles. The molecular formula is C11H21NS2. The normalized spacial score (nSPS) is 10.3. The molecule has 0 amide bonds. The van der Waals surface area contributed by atoms with Gasteiger partial charge in [0.15, 0.2) is 0 Å². The van der Waals surface area contributed by atoms with Crippen molar-refractivity contribution in [2.75, 3.05) is 18.8 Å². The van der Waals surface area contributed by atoms with Gasteiger partial charge < -0.3 is 4.90 Å². The zero-order chi connectivity index (χ0) is 11.0. The molecule has 0 aromatic carbocycles. The molecule has 1 nitrogen and oxygen atoms in total. The van der Waals surface area contributed by atoms with Crippen LogP contribution in [0.3, 0.4) is 0 Å². The van der Waals surface area contributed by atoms with Crippen LogP contribution in [0.4, 0.5) is 0 Å². The fourth-order valence-corrected chi connectivity index (χ4v) is 2.21. The van der Waals surface area contributed by atoms with Crippen LogP contribution in [0, 0.1) is 5.92 Å². The van der Waals surface area contributed by atoms with Crippen LogP contribution in [0.1, 0.15) is 27.2 Å². The third-order valence-electron chi connectivity index (χ3n) is 1.62. The third-order valence-corrected chi connectivity index (χ3v) is 3.35. The van der Waals surface area contributed by atoms with Gasteiger partial charge in [-0.15, -0.1) is 6.58 Å². The monoisotopic (exact) mass is 231 g/mol. The molecule has 0 aliphatic carbocycles. The lowest BCUT2D eigenvalue weighted by Crippen LogP contribution is -2.31. The number of hydrogen-bond donors (Lipinski definition) is 0. The number of thiocarbonyl (C=S) groups is 1. The largest absolute Gasteiger partial charge is 0.354 e. The van der Waals surface area contributed by atoms with Crippen molar-refractivity contribution in [3.8, 4) is 0 Å². The highest BCUT2D eigenvalue weighted by Crippen LogP contribution is 2.12. The Hall–Kier alpha value is -0.0200. The molecule has 0 aliphatic rings. The maximum atomic E-state index is 5.37. The molecule has 0 aromatic rings. The molecule has 0 atom stereocenters. The van der Waals surface area contributed by atoms with Crippen LogP contribution in [0.15, 0.2) is 12.7 Å². The van der Waals surface area contributed by atoms with Crippen LogP contribution >= 0.6 is 24.0 Å². The molecule has 0 radical (unpaired) electrons. The van der Waals surface area contributed by atoms with Gasteiger partial charge in [-0.3, -0.25) is 0 Å². The Morgan fingerprint density at radius 3 is 2.64 bits per heavy atom. The van der Waals surface area contributed by atoms with Gasteiger partial charge in [-0.25, -0.2) is 0 Å². The Bertz CT molecular complexity index is 178. The highest BCUT2D eigenvalue weighted by atomic mass is 32.2. The quantitative estimate of drug-likeness (QED) is 0.508. The summed E-state index contributed by atoms with van der Waals surface area (Å²) in [5.41, 5.74) is 0. The van der Waals surface area contributed by atoms with Crippen molar-refractivity contribution in [3.63, 3.8) is 0 Å². The summed E-state index contributed by atoms with van der Waals surface area (Å²) in [7, 11) is 0. The summed E-state index contributed by atoms with van der Waals surface area (Å²) in [4.78, 5) is 2.23. The van der Waals surface area contributed by atoms with E-state index in [4.69, 9.17) is 12.2 Å².